The van der Waals surface area contributed by atoms with E-state index in [0.29, 0.717) is 33.9 Å². The van der Waals surface area contributed by atoms with Gasteiger partial charge < -0.3 is 19.9 Å². The summed E-state index contributed by atoms with van der Waals surface area (Å²) in [6.45, 7) is 4.36. The number of hydrogen-bond acceptors (Lipinski definition) is 6. The lowest BCUT2D eigenvalue weighted by Gasteiger charge is -2.09. The normalized spacial score (nSPS) is 16.6. The van der Waals surface area contributed by atoms with E-state index in [2.05, 4.69) is 10.3 Å². The highest BCUT2D eigenvalue weighted by atomic mass is 32.2. The molecule has 1 fully saturated rings. The zero-order valence-corrected chi connectivity index (χ0v) is 16.1. The van der Waals surface area contributed by atoms with Crippen molar-refractivity contribution in [2.45, 2.75) is 13.8 Å². The number of thioether (sulfide) groups is 1. The van der Waals surface area contributed by atoms with E-state index in [1.165, 1.54) is 11.8 Å². The molecule has 1 heterocycles. The molecule has 0 bridgehead atoms. The largest absolute Gasteiger partial charge is 0.506 e. The van der Waals surface area contributed by atoms with E-state index >= 15 is 0 Å². The minimum atomic E-state index is -0.237. The molecule has 2 aromatic rings. The van der Waals surface area contributed by atoms with Gasteiger partial charge in [-0.05, 0) is 67.1 Å². The van der Waals surface area contributed by atoms with E-state index < -0.39 is 0 Å². The van der Waals surface area contributed by atoms with Crippen LogP contribution in [-0.4, -0.2) is 29.9 Å². The number of amides is 1. The van der Waals surface area contributed by atoms with Crippen LogP contribution in [0.25, 0.3) is 6.08 Å². The number of amidine groups is 1. The molecule has 1 aliphatic rings. The molecule has 0 saturated carbocycles. The Kier molecular flexibility index (Phi) is 5.71. The van der Waals surface area contributed by atoms with Crippen molar-refractivity contribution in [3.05, 3.63) is 52.4 Å². The summed E-state index contributed by atoms with van der Waals surface area (Å²) in [4.78, 5) is 17.1. The molecule has 1 aliphatic heterocycles. The van der Waals surface area contributed by atoms with Crippen molar-refractivity contribution in [2.24, 2.45) is 4.99 Å². The summed E-state index contributed by atoms with van der Waals surface area (Å²) in [6.07, 6.45) is 1.76. The van der Waals surface area contributed by atoms with Gasteiger partial charge >= 0.3 is 0 Å². The third-order valence-corrected chi connectivity index (χ3v) is 4.70. The first kappa shape index (κ1) is 18.8. The Bertz CT molecular complexity index is 938. The van der Waals surface area contributed by atoms with Crippen molar-refractivity contribution in [3.63, 3.8) is 0 Å². The number of nitrogens with one attached hydrogen (secondary N) is 1. The van der Waals surface area contributed by atoms with Crippen LogP contribution in [0.1, 0.15) is 18.1 Å². The van der Waals surface area contributed by atoms with Gasteiger partial charge in [-0.1, -0.05) is 12.1 Å². The Hall–Kier alpha value is -2.93. The van der Waals surface area contributed by atoms with Crippen molar-refractivity contribution < 1.29 is 19.4 Å². The van der Waals surface area contributed by atoms with Crippen LogP contribution in [0.5, 0.6) is 17.2 Å². The number of aromatic hydroxyl groups is 1. The quantitative estimate of drug-likeness (QED) is 0.762. The SMILES string of the molecule is CCOc1ccc(/C=C2\SC(=Nc3cc(C)ccc3O)NC2=O)cc1OC. The van der Waals surface area contributed by atoms with E-state index in [0.717, 1.165) is 11.1 Å². The molecule has 27 heavy (non-hydrogen) atoms. The zero-order chi connectivity index (χ0) is 19.4. The molecular formula is C20H20N2O4S. The first-order valence-electron chi connectivity index (χ1n) is 8.40. The zero-order valence-electron chi connectivity index (χ0n) is 15.3. The lowest BCUT2D eigenvalue weighted by atomic mass is 10.2. The van der Waals surface area contributed by atoms with Gasteiger partial charge in [-0.25, -0.2) is 4.99 Å². The number of methoxy groups -OCH3 is 1. The fraction of sp³-hybridized carbons (Fsp3) is 0.200. The van der Waals surface area contributed by atoms with Gasteiger partial charge in [0.25, 0.3) is 5.91 Å². The van der Waals surface area contributed by atoms with Gasteiger partial charge in [0.1, 0.15) is 11.4 Å². The summed E-state index contributed by atoms with van der Waals surface area (Å²) in [6, 6.07) is 10.6. The number of nitrogens with zero attached hydrogens (tertiary/aromatic N) is 1. The van der Waals surface area contributed by atoms with Crippen LogP contribution < -0.4 is 14.8 Å². The summed E-state index contributed by atoms with van der Waals surface area (Å²) in [5.41, 5.74) is 2.20. The third-order valence-electron chi connectivity index (χ3n) is 3.79. The number of phenols is 1. The molecular weight excluding hydrogens is 364 g/mol. The van der Waals surface area contributed by atoms with Crippen LogP contribution in [0.3, 0.4) is 0 Å². The topological polar surface area (TPSA) is 80.2 Å². The summed E-state index contributed by atoms with van der Waals surface area (Å²) < 4.78 is 10.8. The van der Waals surface area contributed by atoms with E-state index in [4.69, 9.17) is 9.47 Å². The molecule has 0 radical (unpaired) electrons. The summed E-state index contributed by atoms with van der Waals surface area (Å²) in [7, 11) is 1.57. The number of benzene rings is 2. The van der Waals surface area contributed by atoms with Gasteiger partial charge in [0.2, 0.25) is 0 Å². The second kappa shape index (κ2) is 8.18. The Morgan fingerprint density at radius 3 is 2.78 bits per heavy atom. The van der Waals surface area contributed by atoms with Crippen LogP contribution >= 0.6 is 11.8 Å². The Morgan fingerprint density at radius 1 is 1.22 bits per heavy atom. The van der Waals surface area contributed by atoms with Gasteiger partial charge in [-0.2, -0.15) is 0 Å². The average molecular weight is 384 g/mol. The first-order chi connectivity index (χ1) is 13.0. The highest BCUT2D eigenvalue weighted by molar-refractivity contribution is 8.18. The second-order valence-corrected chi connectivity index (χ2v) is 6.85. The van der Waals surface area contributed by atoms with Gasteiger partial charge in [0.05, 0.1) is 18.6 Å². The summed E-state index contributed by atoms with van der Waals surface area (Å²) in [5, 5.41) is 13.1. The van der Waals surface area contributed by atoms with Crippen molar-refractivity contribution in [1.82, 2.24) is 5.32 Å². The highest BCUT2D eigenvalue weighted by Gasteiger charge is 2.24. The maximum absolute atomic E-state index is 12.3. The fourth-order valence-electron chi connectivity index (χ4n) is 2.51. The number of carbonyl (C=O) groups excluding carboxylic acids is 1. The maximum atomic E-state index is 12.3. The Labute approximate surface area is 161 Å². The van der Waals surface area contributed by atoms with E-state index in [1.807, 2.05) is 32.0 Å². The Morgan fingerprint density at radius 2 is 2.04 bits per heavy atom. The predicted molar refractivity (Wildman–Crippen MR) is 108 cm³/mol. The lowest BCUT2D eigenvalue weighted by molar-refractivity contribution is -0.115. The lowest BCUT2D eigenvalue weighted by Crippen LogP contribution is -2.19. The molecule has 0 aliphatic carbocycles. The number of phenolic OH excluding ortho intramolecular Hbond substituents is 1. The predicted octanol–water partition coefficient (Wildman–Crippen LogP) is 4.00. The molecule has 0 atom stereocenters. The molecule has 0 unspecified atom stereocenters. The number of ether oxygens (including phenoxy) is 2. The maximum Gasteiger partial charge on any atom is 0.264 e. The van der Waals surface area contributed by atoms with Crippen LogP contribution in [0, 0.1) is 6.92 Å². The van der Waals surface area contributed by atoms with Gasteiger partial charge in [-0.3, -0.25) is 4.79 Å². The highest BCUT2D eigenvalue weighted by Crippen LogP contribution is 2.34. The van der Waals surface area contributed by atoms with Crippen molar-refractivity contribution >= 4 is 34.6 Å². The van der Waals surface area contributed by atoms with Crippen LogP contribution in [0.4, 0.5) is 5.69 Å². The molecule has 6 nitrogen and oxygen atoms in total. The first-order valence-corrected chi connectivity index (χ1v) is 9.22. The van der Waals surface area contributed by atoms with Crippen molar-refractivity contribution in [3.8, 4) is 17.2 Å². The average Bonchev–Trinajstić information content (AvgIpc) is 2.98. The molecule has 1 saturated heterocycles. The smallest absolute Gasteiger partial charge is 0.264 e. The summed E-state index contributed by atoms with van der Waals surface area (Å²) >= 11 is 1.22. The van der Waals surface area contributed by atoms with Gasteiger partial charge in [-0.15, -0.1) is 0 Å². The number of aliphatic imine (C=N–C) groups is 1. The van der Waals surface area contributed by atoms with E-state index in [-0.39, 0.29) is 11.7 Å². The second-order valence-electron chi connectivity index (χ2n) is 5.82. The molecule has 3 rings (SSSR count). The van der Waals surface area contributed by atoms with Crippen LogP contribution in [0.15, 0.2) is 46.3 Å². The number of hydrogen-bond donors (Lipinski definition) is 2. The van der Waals surface area contributed by atoms with E-state index in [1.54, 1.807) is 31.4 Å². The van der Waals surface area contributed by atoms with Crippen molar-refractivity contribution in [2.75, 3.05) is 13.7 Å². The molecule has 0 spiro atoms. The minimum absolute atomic E-state index is 0.0663. The van der Waals surface area contributed by atoms with Crippen LogP contribution in [0.2, 0.25) is 0 Å². The molecule has 0 aromatic heterocycles. The van der Waals surface area contributed by atoms with Gasteiger partial charge in [0.15, 0.2) is 16.7 Å². The molecule has 7 heteroatoms. The van der Waals surface area contributed by atoms with E-state index in [9.17, 15) is 9.90 Å². The molecule has 2 aromatic carbocycles. The minimum Gasteiger partial charge on any atom is -0.506 e. The molecule has 1 amide bonds. The monoisotopic (exact) mass is 384 g/mol. The summed E-state index contributed by atoms with van der Waals surface area (Å²) in [5.74, 6) is 1.09. The van der Waals surface area contributed by atoms with Gasteiger partial charge in [0, 0.05) is 0 Å². The van der Waals surface area contributed by atoms with Crippen LogP contribution in [-0.2, 0) is 4.79 Å². The number of aryl methyl sites for hydroxylation is 1. The van der Waals surface area contributed by atoms with Crippen molar-refractivity contribution in [1.29, 1.82) is 0 Å². The number of carbonyl (C=O) groups is 1. The molecule has 140 valence electrons. The Balaban J connectivity index is 1.85. The standard InChI is InChI=1S/C20H20N2O4S/c1-4-26-16-8-6-13(10-17(16)25-3)11-18-19(24)22-20(27-18)21-14-9-12(2)5-7-15(14)23/h5-11,23H,4H2,1-3H3,(H,21,22,24)/b18-11-. The third kappa shape index (κ3) is 4.43. The number of rotatable bonds is 5. The fourth-order valence-corrected chi connectivity index (χ4v) is 3.35. The molecule has 2 N–H and O–H groups in total.